The SMILES string of the molecule is CC(C)(C)c1cccc(S(C)(c2ccc3sc4ccccc4c(=O)c3c2)c2ccc(Sc3ccc4sc5ccccc5c(=O)c4c3)cc2C(C)(C)C)c1. The van der Waals surface area contributed by atoms with Crippen LogP contribution in [0.15, 0.2) is 161 Å². The van der Waals surface area contributed by atoms with Gasteiger partial charge >= 0.3 is 0 Å². The smallest absolute Gasteiger partial charge is 0.195 e. The van der Waals surface area contributed by atoms with Gasteiger partial charge in [-0.05, 0) is 129 Å². The second-order valence-electron chi connectivity index (χ2n) is 15.9. The van der Waals surface area contributed by atoms with Crippen LogP contribution in [0.5, 0.6) is 0 Å². The third kappa shape index (κ3) is 6.44. The maximum absolute atomic E-state index is 14.0. The minimum atomic E-state index is -1.86. The zero-order chi connectivity index (χ0) is 37.3. The fraction of sp³-hybridized carbons (Fsp3) is 0.191. The number of fused-ring (bicyclic) bond motifs is 4. The van der Waals surface area contributed by atoms with Gasteiger partial charge in [0.15, 0.2) is 10.9 Å². The molecule has 2 nitrogen and oxygen atoms in total. The summed E-state index contributed by atoms with van der Waals surface area (Å²) < 4.78 is 4.05. The van der Waals surface area contributed by atoms with Crippen molar-refractivity contribution in [3.63, 3.8) is 0 Å². The summed E-state index contributed by atoms with van der Waals surface area (Å²) in [6, 6.07) is 44.8. The summed E-state index contributed by atoms with van der Waals surface area (Å²) in [6.07, 6.45) is 2.41. The monoisotopic (exact) mass is 766 g/mol. The van der Waals surface area contributed by atoms with Crippen molar-refractivity contribution in [1.82, 2.24) is 0 Å². The standard InChI is InChI=1S/C47H42O2S4/c1-46(2,3)29-13-12-14-32(25-29)53(7,33-21-23-42-37(28-33)45(49)35-16-9-11-18-40(35)52-42)43-24-20-31(27-38(43)47(4,5)6)50-30-19-22-41-36(26-30)44(48)34-15-8-10-17-39(34)51-41/h8-28H,1-7H3. The molecule has 2 heterocycles. The molecule has 0 radical (unpaired) electrons. The van der Waals surface area contributed by atoms with E-state index in [1.807, 2.05) is 48.5 Å². The van der Waals surface area contributed by atoms with E-state index in [0.29, 0.717) is 0 Å². The molecule has 0 spiro atoms. The molecule has 8 aromatic rings. The van der Waals surface area contributed by atoms with Gasteiger partial charge in [0.2, 0.25) is 0 Å². The van der Waals surface area contributed by atoms with Gasteiger partial charge in [-0.2, -0.15) is 10.0 Å². The van der Waals surface area contributed by atoms with E-state index in [4.69, 9.17) is 0 Å². The van der Waals surface area contributed by atoms with E-state index in [9.17, 15) is 9.59 Å². The molecule has 0 saturated carbocycles. The average Bonchev–Trinajstić information content (AvgIpc) is 3.14. The first-order valence-corrected chi connectivity index (χ1v) is 22.3. The molecule has 2 aromatic heterocycles. The molecule has 0 bridgehead atoms. The quantitative estimate of drug-likeness (QED) is 0.164. The van der Waals surface area contributed by atoms with Gasteiger partial charge < -0.3 is 0 Å². The van der Waals surface area contributed by atoms with Gasteiger partial charge in [-0.1, -0.05) is 89.7 Å². The molecule has 6 heteroatoms. The van der Waals surface area contributed by atoms with Crippen molar-refractivity contribution in [2.24, 2.45) is 0 Å². The van der Waals surface area contributed by atoms with Crippen molar-refractivity contribution >= 4 is 84.8 Å². The van der Waals surface area contributed by atoms with Crippen LogP contribution in [0.4, 0.5) is 0 Å². The molecule has 1 unspecified atom stereocenters. The van der Waals surface area contributed by atoms with Crippen molar-refractivity contribution in [1.29, 1.82) is 0 Å². The highest BCUT2D eigenvalue weighted by Gasteiger charge is 2.33. The summed E-state index contributed by atoms with van der Waals surface area (Å²) in [5, 5.41) is 3.10. The third-order valence-electron chi connectivity index (χ3n) is 10.2. The van der Waals surface area contributed by atoms with Crippen molar-refractivity contribution in [3.8, 4) is 0 Å². The van der Waals surface area contributed by atoms with E-state index in [2.05, 4.69) is 127 Å². The lowest BCUT2D eigenvalue weighted by atomic mass is 9.87. The van der Waals surface area contributed by atoms with Crippen LogP contribution >= 0.6 is 44.5 Å². The van der Waals surface area contributed by atoms with Gasteiger partial charge in [0.25, 0.3) is 0 Å². The van der Waals surface area contributed by atoms with Crippen LogP contribution in [-0.4, -0.2) is 6.26 Å². The Balaban J connectivity index is 1.31. The van der Waals surface area contributed by atoms with E-state index in [-0.39, 0.29) is 21.7 Å². The minimum Gasteiger partial charge on any atom is -0.289 e. The lowest BCUT2D eigenvalue weighted by molar-refractivity contribution is 0.575. The summed E-state index contributed by atoms with van der Waals surface area (Å²) in [4.78, 5) is 33.5. The Hall–Kier alpha value is -4.20. The Morgan fingerprint density at radius 2 is 1.02 bits per heavy atom. The molecule has 0 amide bonds. The normalized spacial score (nSPS) is 14.2. The zero-order valence-corrected chi connectivity index (χ0v) is 34.3. The first-order valence-electron chi connectivity index (χ1n) is 17.8. The average molecular weight is 767 g/mol. The Labute approximate surface area is 324 Å². The molecule has 0 aliphatic heterocycles. The Morgan fingerprint density at radius 3 is 1.64 bits per heavy atom. The fourth-order valence-electron chi connectivity index (χ4n) is 7.14. The van der Waals surface area contributed by atoms with Crippen LogP contribution < -0.4 is 10.9 Å². The molecule has 0 saturated heterocycles. The lowest BCUT2D eigenvalue weighted by Gasteiger charge is -2.42. The molecule has 6 aromatic carbocycles. The van der Waals surface area contributed by atoms with Crippen LogP contribution in [-0.2, 0) is 10.8 Å². The molecule has 0 fully saturated rings. The van der Waals surface area contributed by atoms with Crippen LogP contribution in [0.1, 0.15) is 52.7 Å². The van der Waals surface area contributed by atoms with Crippen molar-refractivity contribution in [2.75, 3.05) is 6.26 Å². The molecule has 0 aliphatic carbocycles. The highest BCUT2D eigenvalue weighted by molar-refractivity contribution is 8.33. The Morgan fingerprint density at radius 1 is 0.491 bits per heavy atom. The minimum absolute atomic E-state index is 0.0211. The van der Waals surface area contributed by atoms with E-state index in [0.717, 1.165) is 50.1 Å². The summed E-state index contributed by atoms with van der Waals surface area (Å²) in [6.45, 7) is 13.7. The van der Waals surface area contributed by atoms with Gasteiger partial charge in [-0.15, -0.1) is 22.7 Å². The molecule has 266 valence electrons. The van der Waals surface area contributed by atoms with Crippen LogP contribution in [0.25, 0.3) is 40.3 Å². The van der Waals surface area contributed by atoms with Crippen molar-refractivity contribution in [3.05, 3.63) is 159 Å². The van der Waals surface area contributed by atoms with Gasteiger partial charge in [0.05, 0.1) is 0 Å². The molecule has 1 atom stereocenters. The van der Waals surface area contributed by atoms with E-state index in [1.54, 1.807) is 34.4 Å². The lowest BCUT2D eigenvalue weighted by Crippen LogP contribution is -2.17. The van der Waals surface area contributed by atoms with E-state index in [1.165, 1.54) is 25.8 Å². The van der Waals surface area contributed by atoms with Gasteiger partial charge in [0.1, 0.15) is 0 Å². The summed E-state index contributed by atoms with van der Waals surface area (Å²) >= 11 is 5.05. The molecule has 0 N–H and O–H groups in total. The largest absolute Gasteiger partial charge is 0.289 e. The summed E-state index contributed by atoms with van der Waals surface area (Å²) in [5.74, 6) is 0. The number of hydrogen-bond donors (Lipinski definition) is 0. The predicted molar refractivity (Wildman–Crippen MR) is 234 cm³/mol. The van der Waals surface area contributed by atoms with Gasteiger partial charge in [-0.3, -0.25) is 9.59 Å². The van der Waals surface area contributed by atoms with E-state index < -0.39 is 10.0 Å². The highest BCUT2D eigenvalue weighted by atomic mass is 32.3. The maximum Gasteiger partial charge on any atom is 0.195 e. The molecule has 53 heavy (non-hydrogen) atoms. The molecular weight excluding hydrogens is 725 g/mol. The second kappa shape index (κ2) is 13.3. The Kier molecular flexibility index (Phi) is 8.97. The first-order chi connectivity index (χ1) is 25.2. The molecule has 8 rings (SSSR count). The number of rotatable bonds is 5. The topological polar surface area (TPSA) is 34.1 Å². The maximum atomic E-state index is 14.0. The number of hydrogen-bond acceptors (Lipinski definition) is 5. The zero-order valence-electron chi connectivity index (χ0n) is 31.1. The van der Waals surface area contributed by atoms with Crippen molar-refractivity contribution in [2.45, 2.75) is 76.8 Å². The first kappa shape index (κ1) is 35.8. The molecule has 0 aliphatic rings. The van der Waals surface area contributed by atoms with Crippen LogP contribution in [0.3, 0.4) is 0 Å². The highest BCUT2D eigenvalue weighted by Crippen LogP contribution is 2.68. The summed E-state index contributed by atoms with van der Waals surface area (Å²) in [7, 11) is -1.86. The molecular formula is C47H42O2S4. The van der Waals surface area contributed by atoms with Gasteiger partial charge in [-0.25, -0.2) is 0 Å². The Bertz CT molecular complexity index is 2850. The van der Waals surface area contributed by atoms with Gasteiger partial charge in [0, 0.05) is 55.0 Å². The summed E-state index contributed by atoms with van der Waals surface area (Å²) in [5.41, 5.74) is 2.56. The predicted octanol–water partition coefficient (Wildman–Crippen LogP) is 13.8. The number of benzene rings is 6. The second-order valence-corrected chi connectivity index (χ2v) is 22.4. The van der Waals surface area contributed by atoms with Crippen LogP contribution in [0, 0.1) is 0 Å². The van der Waals surface area contributed by atoms with Crippen molar-refractivity contribution < 1.29 is 0 Å². The van der Waals surface area contributed by atoms with Crippen LogP contribution in [0.2, 0.25) is 0 Å². The third-order valence-corrected chi connectivity index (χ3v) is 17.1. The van der Waals surface area contributed by atoms with E-state index >= 15 is 0 Å². The fourth-order valence-corrected chi connectivity index (χ4v) is 13.5.